The van der Waals surface area contributed by atoms with Gasteiger partial charge in [-0.15, -0.1) is 0 Å². The Morgan fingerprint density at radius 1 is 1.80 bits per heavy atom. The summed E-state index contributed by atoms with van der Waals surface area (Å²) in [5, 5.41) is 9.50. The Kier molecular flexibility index (Phi) is 3.73. The van der Waals surface area contributed by atoms with Gasteiger partial charge in [-0.3, -0.25) is 0 Å². The SMILES string of the molecule is CCOC(=O)/C(C=N)=C1\N=CC(F)=CN1. The monoisotopic (exact) mass is 211 g/mol. The Hall–Kier alpha value is -1.98. The van der Waals surface area contributed by atoms with Crippen molar-refractivity contribution in [2.45, 2.75) is 6.92 Å². The summed E-state index contributed by atoms with van der Waals surface area (Å²) in [5.74, 6) is -1.11. The molecule has 0 spiro atoms. The summed E-state index contributed by atoms with van der Waals surface area (Å²) in [6, 6.07) is 0. The van der Waals surface area contributed by atoms with Gasteiger partial charge in [-0.05, 0) is 6.92 Å². The van der Waals surface area contributed by atoms with Crippen molar-refractivity contribution in [2.75, 3.05) is 6.61 Å². The summed E-state index contributed by atoms with van der Waals surface area (Å²) >= 11 is 0. The van der Waals surface area contributed by atoms with Gasteiger partial charge in [0.1, 0.15) is 11.4 Å². The summed E-state index contributed by atoms with van der Waals surface area (Å²) in [7, 11) is 0. The molecule has 5 nitrogen and oxygen atoms in total. The van der Waals surface area contributed by atoms with Crippen LogP contribution in [0.2, 0.25) is 0 Å². The number of nitrogens with one attached hydrogen (secondary N) is 2. The number of rotatable bonds is 3. The smallest absolute Gasteiger partial charge is 0.343 e. The molecule has 0 atom stereocenters. The molecule has 1 aliphatic rings. The van der Waals surface area contributed by atoms with Crippen LogP contribution in [0.5, 0.6) is 0 Å². The highest BCUT2D eigenvalue weighted by molar-refractivity contribution is 6.09. The van der Waals surface area contributed by atoms with Gasteiger partial charge in [0.2, 0.25) is 0 Å². The predicted octanol–water partition coefficient (Wildman–Crippen LogP) is 0.896. The molecule has 1 heterocycles. The van der Waals surface area contributed by atoms with Gasteiger partial charge in [0.25, 0.3) is 0 Å². The Bertz CT molecular complexity index is 372. The number of ether oxygens (including phenoxy) is 1. The van der Waals surface area contributed by atoms with E-state index >= 15 is 0 Å². The molecule has 0 aromatic rings. The van der Waals surface area contributed by atoms with Gasteiger partial charge in [-0.1, -0.05) is 0 Å². The molecule has 0 saturated carbocycles. The fraction of sp³-hybridized carbons (Fsp3) is 0.222. The van der Waals surface area contributed by atoms with Crippen LogP contribution in [0.3, 0.4) is 0 Å². The maximum absolute atomic E-state index is 12.5. The van der Waals surface area contributed by atoms with E-state index in [4.69, 9.17) is 10.1 Å². The molecule has 0 unspecified atom stereocenters. The number of hydrogen-bond acceptors (Lipinski definition) is 5. The second-order valence-corrected chi connectivity index (χ2v) is 2.56. The van der Waals surface area contributed by atoms with Crippen LogP contribution >= 0.6 is 0 Å². The standard InChI is InChI=1S/C9H10FN3O2/c1-2-15-9(14)7(3-11)8-12-4-6(10)5-13-8/h3-5,11-12H,2H2,1H3/b8-7-,11-3?. The lowest BCUT2D eigenvalue weighted by atomic mass is 10.3. The van der Waals surface area contributed by atoms with Gasteiger partial charge in [-0.2, -0.15) is 0 Å². The highest BCUT2D eigenvalue weighted by atomic mass is 19.1. The van der Waals surface area contributed by atoms with Gasteiger partial charge in [0.15, 0.2) is 5.83 Å². The first-order valence-electron chi connectivity index (χ1n) is 4.27. The average molecular weight is 211 g/mol. The Morgan fingerprint density at radius 3 is 3.00 bits per heavy atom. The van der Waals surface area contributed by atoms with Crippen LogP contribution < -0.4 is 5.32 Å². The molecule has 0 aliphatic carbocycles. The molecule has 0 aromatic heterocycles. The minimum Gasteiger partial charge on any atom is -0.462 e. The van der Waals surface area contributed by atoms with Crippen molar-refractivity contribution in [1.82, 2.24) is 5.32 Å². The third-order valence-electron chi connectivity index (χ3n) is 1.56. The molecule has 6 heteroatoms. The van der Waals surface area contributed by atoms with Crippen LogP contribution in [0, 0.1) is 5.41 Å². The molecular formula is C9H10FN3O2. The predicted molar refractivity (Wildman–Crippen MR) is 53.3 cm³/mol. The first-order chi connectivity index (χ1) is 7.19. The Morgan fingerprint density at radius 2 is 2.53 bits per heavy atom. The van der Waals surface area contributed by atoms with Crippen molar-refractivity contribution >= 4 is 18.4 Å². The van der Waals surface area contributed by atoms with E-state index < -0.39 is 11.8 Å². The van der Waals surface area contributed by atoms with Crippen molar-refractivity contribution in [3.8, 4) is 0 Å². The second-order valence-electron chi connectivity index (χ2n) is 2.56. The number of carbonyl (C=O) groups excluding carboxylic acids is 1. The van der Waals surface area contributed by atoms with E-state index in [-0.39, 0.29) is 18.0 Å². The third-order valence-corrected chi connectivity index (χ3v) is 1.56. The van der Waals surface area contributed by atoms with E-state index in [1.165, 1.54) is 0 Å². The van der Waals surface area contributed by atoms with Crippen LogP contribution in [0.25, 0.3) is 0 Å². The number of nitrogens with zero attached hydrogens (tertiary/aromatic N) is 1. The average Bonchev–Trinajstić information content (AvgIpc) is 2.22. The number of aliphatic imine (C=N–C) groups is 1. The van der Waals surface area contributed by atoms with Gasteiger partial charge in [0, 0.05) is 12.4 Å². The summed E-state index contributed by atoms with van der Waals surface area (Å²) in [6.45, 7) is 1.86. The molecule has 80 valence electrons. The van der Waals surface area contributed by atoms with E-state index in [1.807, 2.05) is 0 Å². The number of halogens is 1. The normalized spacial score (nSPS) is 17.6. The van der Waals surface area contributed by atoms with Gasteiger partial charge >= 0.3 is 5.97 Å². The Balaban J connectivity index is 2.91. The number of allylic oxidation sites excluding steroid dienone is 1. The summed E-state index contributed by atoms with van der Waals surface area (Å²) < 4.78 is 17.2. The van der Waals surface area contributed by atoms with Gasteiger partial charge < -0.3 is 15.5 Å². The summed E-state index contributed by atoms with van der Waals surface area (Å²) in [6.07, 6.45) is 2.81. The first kappa shape index (κ1) is 11.1. The maximum Gasteiger partial charge on any atom is 0.343 e. The molecule has 0 fully saturated rings. The van der Waals surface area contributed by atoms with E-state index in [0.29, 0.717) is 0 Å². The molecule has 0 bridgehead atoms. The molecular weight excluding hydrogens is 201 g/mol. The summed E-state index contributed by atoms with van der Waals surface area (Å²) in [5.41, 5.74) is -0.0446. The zero-order valence-electron chi connectivity index (χ0n) is 8.08. The van der Waals surface area contributed by atoms with Crippen molar-refractivity contribution in [3.63, 3.8) is 0 Å². The number of carbonyl (C=O) groups is 1. The van der Waals surface area contributed by atoms with E-state index in [0.717, 1.165) is 18.6 Å². The van der Waals surface area contributed by atoms with Crippen LogP contribution in [0.4, 0.5) is 4.39 Å². The van der Waals surface area contributed by atoms with Gasteiger partial charge in [-0.25, -0.2) is 14.2 Å². The molecule has 1 aliphatic heterocycles. The van der Waals surface area contributed by atoms with Gasteiger partial charge in [0.05, 0.1) is 12.8 Å². The third kappa shape index (κ3) is 2.73. The van der Waals surface area contributed by atoms with Crippen molar-refractivity contribution in [1.29, 1.82) is 5.41 Å². The van der Waals surface area contributed by atoms with Crippen molar-refractivity contribution < 1.29 is 13.9 Å². The lowest BCUT2D eigenvalue weighted by molar-refractivity contribution is -0.137. The largest absolute Gasteiger partial charge is 0.462 e. The van der Waals surface area contributed by atoms with Crippen LogP contribution in [-0.4, -0.2) is 25.0 Å². The van der Waals surface area contributed by atoms with Crippen molar-refractivity contribution in [2.24, 2.45) is 4.99 Å². The zero-order valence-corrected chi connectivity index (χ0v) is 8.08. The lowest BCUT2D eigenvalue weighted by Crippen LogP contribution is -2.18. The molecule has 1 rings (SSSR count). The zero-order chi connectivity index (χ0) is 11.3. The molecule has 0 radical (unpaired) electrons. The second kappa shape index (κ2) is 5.04. The van der Waals surface area contributed by atoms with Crippen LogP contribution in [-0.2, 0) is 9.53 Å². The minimum absolute atomic E-state index is 0.0446. The van der Waals surface area contributed by atoms with Crippen molar-refractivity contribution in [3.05, 3.63) is 23.4 Å². The topological polar surface area (TPSA) is 74.5 Å². The Labute approximate surface area is 85.8 Å². The quantitative estimate of drug-likeness (QED) is 0.413. The highest BCUT2D eigenvalue weighted by Gasteiger charge is 2.15. The van der Waals surface area contributed by atoms with Crippen LogP contribution in [0.15, 0.2) is 28.4 Å². The fourth-order valence-corrected chi connectivity index (χ4v) is 0.918. The molecule has 2 N–H and O–H groups in total. The lowest BCUT2D eigenvalue weighted by Gasteiger charge is -2.09. The maximum atomic E-state index is 12.5. The van der Waals surface area contributed by atoms with E-state index in [1.54, 1.807) is 6.92 Å². The van der Waals surface area contributed by atoms with E-state index in [9.17, 15) is 9.18 Å². The molecule has 0 saturated heterocycles. The van der Waals surface area contributed by atoms with E-state index in [2.05, 4.69) is 10.3 Å². The minimum atomic E-state index is -0.664. The molecule has 0 aromatic carbocycles. The first-order valence-corrected chi connectivity index (χ1v) is 4.27. The fourth-order valence-electron chi connectivity index (χ4n) is 0.918. The number of esters is 1. The summed E-state index contributed by atoms with van der Waals surface area (Å²) in [4.78, 5) is 14.9. The highest BCUT2D eigenvalue weighted by Crippen LogP contribution is 2.08. The van der Waals surface area contributed by atoms with Crippen LogP contribution in [0.1, 0.15) is 6.92 Å². The molecule has 15 heavy (non-hydrogen) atoms. The molecule has 0 amide bonds. The number of hydrogen-bond donors (Lipinski definition) is 2.